The van der Waals surface area contributed by atoms with Crippen LogP contribution in [0, 0.1) is 13.8 Å². The van der Waals surface area contributed by atoms with Crippen molar-refractivity contribution >= 4 is 22.5 Å². The van der Waals surface area contributed by atoms with E-state index in [0.29, 0.717) is 34.4 Å². The number of phenolic OH excluding ortho intramolecular Hbond substituents is 1. The van der Waals surface area contributed by atoms with E-state index in [0.717, 1.165) is 47.8 Å². The van der Waals surface area contributed by atoms with Gasteiger partial charge in [0.15, 0.2) is 0 Å². The molecule has 4 rings (SSSR count). The fourth-order valence-corrected chi connectivity index (χ4v) is 4.52. The van der Waals surface area contributed by atoms with Crippen molar-refractivity contribution in [3.05, 3.63) is 64.6 Å². The van der Waals surface area contributed by atoms with E-state index in [4.69, 9.17) is 9.97 Å². The van der Waals surface area contributed by atoms with Crippen LogP contribution in [0.25, 0.3) is 22.3 Å². The summed E-state index contributed by atoms with van der Waals surface area (Å²) < 4.78 is 1.85. The van der Waals surface area contributed by atoms with Gasteiger partial charge in [-0.25, -0.2) is 9.97 Å². The topological polar surface area (TPSA) is 108 Å². The maximum atomic E-state index is 13.8. The minimum atomic E-state index is -0.167. The molecular weight excluding hydrogens is 466 g/mol. The zero-order valence-corrected chi connectivity index (χ0v) is 22.4. The molecule has 0 unspecified atom stereocenters. The van der Waals surface area contributed by atoms with Gasteiger partial charge in [-0.05, 0) is 69.3 Å². The van der Waals surface area contributed by atoms with Gasteiger partial charge in [-0.1, -0.05) is 6.92 Å². The van der Waals surface area contributed by atoms with Crippen LogP contribution in [-0.2, 0) is 20.0 Å². The highest BCUT2D eigenvalue weighted by atomic mass is 16.3. The maximum Gasteiger partial charge on any atom is 0.254 e. The average Bonchev–Trinajstić information content (AvgIpc) is 3.16. The van der Waals surface area contributed by atoms with Crippen molar-refractivity contribution in [3.8, 4) is 17.1 Å². The van der Waals surface area contributed by atoms with Crippen LogP contribution in [-0.4, -0.2) is 62.8 Å². The smallest absolute Gasteiger partial charge is 0.254 e. The first-order valence-corrected chi connectivity index (χ1v) is 12.5. The number of carbonyl (C=O) groups excluding carboxylic acids is 1. The molecule has 0 radical (unpaired) electrons. The molecule has 1 amide bonds. The number of aryl methyl sites for hydroxylation is 3. The van der Waals surface area contributed by atoms with Crippen LogP contribution in [0.15, 0.2) is 36.4 Å². The highest BCUT2D eigenvalue weighted by Gasteiger charge is 2.21. The van der Waals surface area contributed by atoms with Gasteiger partial charge in [-0.15, -0.1) is 0 Å². The monoisotopic (exact) mass is 501 g/mol. The zero-order chi connectivity index (χ0) is 26.7. The van der Waals surface area contributed by atoms with Crippen molar-refractivity contribution in [2.75, 3.05) is 32.5 Å². The number of aromatic hydroxyl groups is 1. The Hall–Kier alpha value is -3.98. The van der Waals surface area contributed by atoms with Crippen LogP contribution in [0.5, 0.6) is 5.75 Å². The number of benzene rings is 1. The number of hydrogen-bond donors (Lipinski definition) is 3. The van der Waals surface area contributed by atoms with Crippen molar-refractivity contribution < 1.29 is 9.90 Å². The van der Waals surface area contributed by atoms with E-state index < -0.39 is 0 Å². The lowest BCUT2D eigenvalue weighted by atomic mass is 10.0. The van der Waals surface area contributed by atoms with Gasteiger partial charge < -0.3 is 20.6 Å². The number of likely N-dealkylation sites (N-methyl/N-ethyl adjacent to an activating group) is 1. The van der Waals surface area contributed by atoms with E-state index in [1.807, 2.05) is 44.8 Å². The molecule has 0 saturated carbocycles. The second-order valence-electron chi connectivity index (χ2n) is 9.27. The third-order valence-corrected chi connectivity index (χ3v) is 6.66. The quantitative estimate of drug-likeness (QED) is 0.299. The molecule has 0 bridgehead atoms. The van der Waals surface area contributed by atoms with E-state index in [1.54, 1.807) is 36.2 Å². The molecule has 0 saturated heterocycles. The Bertz CT molecular complexity index is 1440. The molecule has 0 spiro atoms. The van der Waals surface area contributed by atoms with Gasteiger partial charge in [0.1, 0.15) is 5.75 Å². The first-order valence-electron chi connectivity index (χ1n) is 12.5. The number of anilines is 1. The normalized spacial score (nSPS) is 11.2. The highest BCUT2D eigenvalue weighted by Crippen LogP contribution is 2.29. The summed E-state index contributed by atoms with van der Waals surface area (Å²) in [4.78, 5) is 25.0. The van der Waals surface area contributed by atoms with E-state index in [1.165, 1.54) is 0 Å². The number of fused-ring (bicyclic) bond motifs is 1. The van der Waals surface area contributed by atoms with E-state index in [9.17, 15) is 9.90 Å². The predicted molar refractivity (Wildman–Crippen MR) is 147 cm³/mol. The molecule has 1 aromatic carbocycles. The maximum absolute atomic E-state index is 13.8. The minimum absolute atomic E-state index is 0.0831. The Labute approximate surface area is 217 Å². The van der Waals surface area contributed by atoms with Gasteiger partial charge in [0.05, 0.1) is 51.8 Å². The number of nitrogens with one attached hydrogen (secondary N) is 2. The number of phenols is 1. The number of pyridine rings is 2. The number of nitrogens with zero attached hydrogens (tertiary/aromatic N) is 5. The standard InChI is InChI=1S/C28H35N7O2/c1-7-22-17(2)27(35(6)33-22)16-34(5)28(37)21-15-26(32-24-9-8-19(36)14-20(21)24)25-11-10-23(18(3)31-25)30-13-12-29-4/h8-11,14-15,29-30,36H,7,12-13,16H2,1-6H3. The Kier molecular flexibility index (Phi) is 7.73. The molecule has 4 aromatic rings. The van der Waals surface area contributed by atoms with E-state index in [2.05, 4.69) is 22.7 Å². The summed E-state index contributed by atoms with van der Waals surface area (Å²) in [5.74, 6) is -0.0836. The molecule has 0 aliphatic rings. The van der Waals surface area contributed by atoms with Gasteiger partial charge in [0, 0.05) is 32.6 Å². The molecule has 3 heterocycles. The molecule has 9 heteroatoms. The van der Waals surface area contributed by atoms with Crippen molar-refractivity contribution in [2.24, 2.45) is 7.05 Å². The zero-order valence-electron chi connectivity index (χ0n) is 22.4. The lowest BCUT2D eigenvalue weighted by Crippen LogP contribution is -2.28. The molecule has 194 valence electrons. The van der Waals surface area contributed by atoms with Crippen LogP contribution in [0.1, 0.15) is 39.9 Å². The Morgan fingerprint density at radius 2 is 1.86 bits per heavy atom. The summed E-state index contributed by atoms with van der Waals surface area (Å²) in [6.45, 7) is 8.12. The van der Waals surface area contributed by atoms with E-state index in [-0.39, 0.29) is 11.7 Å². The number of carbonyl (C=O) groups is 1. The molecule has 0 aliphatic carbocycles. The molecule has 3 aromatic heterocycles. The largest absolute Gasteiger partial charge is 0.508 e. The van der Waals surface area contributed by atoms with Crippen LogP contribution in [0.3, 0.4) is 0 Å². The molecule has 9 nitrogen and oxygen atoms in total. The minimum Gasteiger partial charge on any atom is -0.508 e. The summed E-state index contributed by atoms with van der Waals surface area (Å²) >= 11 is 0. The molecule has 0 atom stereocenters. The molecular formula is C28H35N7O2. The summed E-state index contributed by atoms with van der Waals surface area (Å²) in [7, 11) is 5.60. The summed E-state index contributed by atoms with van der Waals surface area (Å²) in [5.41, 5.74) is 7.30. The summed E-state index contributed by atoms with van der Waals surface area (Å²) in [6.07, 6.45) is 0.838. The number of hydrogen-bond acceptors (Lipinski definition) is 7. The average molecular weight is 502 g/mol. The van der Waals surface area contributed by atoms with Crippen molar-refractivity contribution in [3.63, 3.8) is 0 Å². The summed E-state index contributed by atoms with van der Waals surface area (Å²) in [5, 5.41) is 21.8. The van der Waals surface area contributed by atoms with Crippen molar-refractivity contribution in [2.45, 2.75) is 33.7 Å². The van der Waals surface area contributed by atoms with Gasteiger partial charge in [0.25, 0.3) is 5.91 Å². The Morgan fingerprint density at radius 1 is 1.08 bits per heavy atom. The van der Waals surface area contributed by atoms with Gasteiger partial charge in [-0.2, -0.15) is 5.10 Å². The second-order valence-corrected chi connectivity index (χ2v) is 9.27. The molecule has 0 aliphatic heterocycles. The first-order chi connectivity index (χ1) is 17.7. The lowest BCUT2D eigenvalue weighted by Gasteiger charge is -2.20. The van der Waals surface area contributed by atoms with Crippen LogP contribution in [0.4, 0.5) is 5.69 Å². The number of aromatic nitrogens is 4. The molecule has 3 N–H and O–H groups in total. The van der Waals surface area contributed by atoms with Crippen LogP contribution < -0.4 is 10.6 Å². The van der Waals surface area contributed by atoms with Gasteiger partial charge in [0.2, 0.25) is 0 Å². The van der Waals surface area contributed by atoms with Crippen molar-refractivity contribution in [1.29, 1.82) is 0 Å². The van der Waals surface area contributed by atoms with Gasteiger partial charge >= 0.3 is 0 Å². The third kappa shape index (κ3) is 5.41. The highest BCUT2D eigenvalue weighted by molar-refractivity contribution is 6.07. The fourth-order valence-electron chi connectivity index (χ4n) is 4.52. The molecule has 0 fully saturated rings. The predicted octanol–water partition coefficient (Wildman–Crippen LogP) is 3.82. The van der Waals surface area contributed by atoms with Crippen LogP contribution in [0.2, 0.25) is 0 Å². The summed E-state index contributed by atoms with van der Waals surface area (Å²) in [6, 6.07) is 10.6. The fraction of sp³-hybridized carbons (Fsp3) is 0.357. The molecule has 37 heavy (non-hydrogen) atoms. The third-order valence-electron chi connectivity index (χ3n) is 6.66. The Balaban J connectivity index is 1.72. The second kappa shape index (κ2) is 11.0. The number of rotatable bonds is 9. The van der Waals surface area contributed by atoms with Crippen LogP contribution >= 0.6 is 0 Å². The lowest BCUT2D eigenvalue weighted by molar-refractivity contribution is 0.0783. The number of amides is 1. The van der Waals surface area contributed by atoms with E-state index >= 15 is 0 Å². The van der Waals surface area contributed by atoms with Crippen molar-refractivity contribution in [1.82, 2.24) is 30.0 Å². The SMILES string of the molecule is CCc1nn(C)c(CN(C)C(=O)c2cc(-c3ccc(NCCNC)c(C)n3)nc3ccc(O)cc23)c1C. The first kappa shape index (κ1) is 26.1. The Morgan fingerprint density at radius 3 is 2.54 bits per heavy atom. The van der Waals surface area contributed by atoms with Gasteiger partial charge in [-0.3, -0.25) is 9.48 Å².